The predicted molar refractivity (Wildman–Crippen MR) is 247 cm³/mol. The number of amides is 8. The summed E-state index contributed by atoms with van der Waals surface area (Å²) >= 11 is 4.02. The van der Waals surface area contributed by atoms with Gasteiger partial charge in [-0.3, -0.25) is 72.1 Å². The number of aliphatic hydroxyl groups excluding tert-OH is 1. The molecule has 0 aromatic heterocycles. The van der Waals surface area contributed by atoms with Crippen LogP contribution in [0.4, 0.5) is 0 Å². The number of thiol groups is 1. The number of aliphatic hydroxyl groups is 1. The highest BCUT2D eigenvalue weighted by Gasteiger charge is 2.36. The standard InChI is InChI=1S/C39H62N12O21S/c1-15(38(71)72)44-31(64)18(4-3-11-43-39(41)42)45-32(65)19(5-8-24(53)54)46-33(66)20(6-9-25(55)56)48-36(69)23(14-73)50-37(70)29(16(2)52)51-34(67)21(7-10-26(57)58)47-35(68)22(13-28(61)62)49-30(63)17(40)12-27(59)60/h15-23,29,52,73H,3-14,40H2,1-2H3,(H,44,64)(H,45,65)(H,46,66)(H,47,68)(H,48,69)(H,49,63)(H,50,70)(H,51,67)(H,53,54)(H,55,56)(H,57,58)(H,59,60)(H,61,62)(H,71,72)(H4,41,42,43)/t15-,16+,17-,18-,19-,20-,21-,22-,23-,29-/m0/s1. The average Bonchev–Trinajstić information content (AvgIpc) is 3.27. The molecule has 0 saturated heterocycles. The van der Waals surface area contributed by atoms with Crippen LogP contribution < -0.4 is 59.7 Å². The summed E-state index contributed by atoms with van der Waals surface area (Å²) in [5, 5.41) is 83.0. The lowest BCUT2D eigenvalue weighted by Crippen LogP contribution is -2.62. The van der Waals surface area contributed by atoms with E-state index in [9.17, 15) is 97.8 Å². The topological polar surface area (TPSA) is 567 Å². The van der Waals surface area contributed by atoms with Gasteiger partial charge in [0.1, 0.15) is 48.3 Å². The smallest absolute Gasteiger partial charge is 0.325 e. The van der Waals surface area contributed by atoms with Gasteiger partial charge >= 0.3 is 35.8 Å². The summed E-state index contributed by atoms with van der Waals surface area (Å²) in [5.74, 6) is -20.3. The van der Waals surface area contributed by atoms with Crippen LogP contribution in [0.15, 0.2) is 4.99 Å². The fraction of sp³-hybridized carbons (Fsp3) is 0.615. The number of nitrogens with zero attached hydrogens (tertiary/aromatic N) is 1. The first-order valence-electron chi connectivity index (χ1n) is 21.7. The zero-order valence-corrected chi connectivity index (χ0v) is 40.1. The Kier molecular flexibility index (Phi) is 29.3. The Morgan fingerprint density at radius 1 is 0.466 bits per heavy atom. The van der Waals surface area contributed by atoms with Gasteiger partial charge in [-0.25, -0.2) is 0 Å². The molecule has 0 aromatic rings. The van der Waals surface area contributed by atoms with Crippen LogP contribution in [-0.4, -0.2) is 198 Å². The molecular weight excluding hydrogens is 1000 g/mol. The molecule has 0 heterocycles. The molecule has 0 aliphatic heterocycles. The molecular formula is C39H62N12O21S. The molecule has 21 N–H and O–H groups in total. The first-order valence-corrected chi connectivity index (χ1v) is 22.4. The molecule has 0 aliphatic rings. The van der Waals surface area contributed by atoms with Crippen LogP contribution in [-0.2, 0) is 67.1 Å². The third-order valence-electron chi connectivity index (χ3n) is 9.77. The molecule has 0 spiro atoms. The van der Waals surface area contributed by atoms with Crippen molar-refractivity contribution in [3.63, 3.8) is 0 Å². The first kappa shape index (κ1) is 65.1. The predicted octanol–water partition coefficient (Wildman–Crippen LogP) is -7.80. The van der Waals surface area contributed by atoms with Crippen molar-refractivity contribution in [3.05, 3.63) is 0 Å². The van der Waals surface area contributed by atoms with Gasteiger partial charge in [0.05, 0.1) is 25.0 Å². The minimum absolute atomic E-state index is 0.0284. The van der Waals surface area contributed by atoms with Crippen molar-refractivity contribution in [1.29, 1.82) is 0 Å². The van der Waals surface area contributed by atoms with Crippen LogP contribution in [0.5, 0.6) is 0 Å². The zero-order chi connectivity index (χ0) is 56.3. The van der Waals surface area contributed by atoms with Crippen LogP contribution >= 0.6 is 12.6 Å². The molecule has 34 heteroatoms. The highest BCUT2D eigenvalue weighted by molar-refractivity contribution is 7.80. The SMILES string of the molecule is C[C@H](NC(=O)[C@H](CCCN=C(N)N)NC(=O)[C@H](CCC(=O)O)NC(=O)[C@H](CCC(=O)O)NC(=O)[C@H](CS)NC(=O)[C@@H](NC(=O)[C@H](CCC(=O)O)NC(=O)[C@H](CC(=O)O)NC(=O)[C@@H](N)CC(=O)O)[C@@H](C)O)C(=O)O. The Hall–Kier alpha value is -7.88. The summed E-state index contributed by atoms with van der Waals surface area (Å²) in [5.41, 5.74) is 16.1. The number of aliphatic carboxylic acids is 6. The number of hydrogen-bond donors (Lipinski definition) is 19. The highest BCUT2D eigenvalue weighted by atomic mass is 32.1. The molecule has 33 nitrogen and oxygen atoms in total. The lowest BCUT2D eigenvalue weighted by atomic mass is 10.0. The summed E-state index contributed by atoms with van der Waals surface area (Å²) in [6.07, 6.45) is -8.72. The van der Waals surface area contributed by atoms with Crippen molar-refractivity contribution >= 4 is 102 Å². The second-order valence-corrected chi connectivity index (χ2v) is 16.3. The minimum atomic E-state index is -2.06. The van der Waals surface area contributed by atoms with Gasteiger partial charge in [0, 0.05) is 31.6 Å². The van der Waals surface area contributed by atoms with E-state index < -0.39 is 201 Å². The molecule has 0 fully saturated rings. The number of carbonyl (C=O) groups is 14. The average molecular weight is 1070 g/mol. The van der Waals surface area contributed by atoms with E-state index in [2.05, 4.69) is 44.2 Å². The van der Waals surface area contributed by atoms with Gasteiger partial charge in [-0.05, 0) is 46.0 Å². The molecule has 0 bridgehead atoms. The fourth-order valence-corrected chi connectivity index (χ4v) is 6.16. The van der Waals surface area contributed by atoms with Crippen LogP contribution in [0.25, 0.3) is 0 Å². The maximum absolute atomic E-state index is 13.7. The van der Waals surface area contributed by atoms with Crippen molar-refractivity contribution in [2.75, 3.05) is 12.3 Å². The Balaban J connectivity index is 6.60. The number of rotatable bonds is 36. The van der Waals surface area contributed by atoms with Gasteiger partial charge < -0.3 is 95.5 Å². The van der Waals surface area contributed by atoms with Crippen molar-refractivity contribution in [2.24, 2.45) is 22.2 Å². The van der Waals surface area contributed by atoms with Crippen molar-refractivity contribution in [3.8, 4) is 0 Å². The molecule has 0 radical (unpaired) electrons. The number of aliphatic imine (C=N–C) groups is 1. The van der Waals surface area contributed by atoms with E-state index in [4.69, 9.17) is 22.3 Å². The number of guanidine groups is 1. The van der Waals surface area contributed by atoms with Crippen molar-refractivity contribution in [2.45, 2.75) is 139 Å². The van der Waals surface area contributed by atoms with E-state index in [1.165, 1.54) is 0 Å². The minimum Gasteiger partial charge on any atom is -0.481 e. The molecule has 10 atom stereocenters. The summed E-state index contributed by atoms with van der Waals surface area (Å²) < 4.78 is 0. The number of nitrogens with one attached hydrogen (secondary N) is 8. The van der Waals surface area contributed by atoms with E-state index in [1.54, 1.807) is 0 Å². The van der Waals surface area contributed by atoms with Gasteiger partial charge in [0.25, 0.3) is 0 Å². The van der Waals surface area contributed by atoms with Crippen LogP contribution in [0.1, 0.15) is 78.1 Å². The van der Waals surface area contributed by atoms with Crippen LogP contribution in [0.3, 0.4) is 0 Å². The largest absolute Gasteiger partial charge is 0.481 e. The molecule has 0 aliphatic carbocycles. The Bertz CT molecular complexity index is 2070. The number of hydrogen-bond acceptors (Lipinski definition) is 18. The molecule has 410 valence electrons. The van der Waals surface area contributed by atoms with Crippen LogP contribution in [0, 0.1) is 0 Å². The Morgan fingerprint density at radius 3 is 1.19 bits per heavy atom. The number of carboxylic acids is 6. The van der Waals surface area contributed by atoms with E-state index in [0.29, 0.717) is 0 Å². The van der Waals surface area contributed by atoms with Gasteiger partial charge in [-0.1, -0.05) is 0 Å². The third kappa shape index (κ3) is 26.8. The van der Waals surface area contributed by atoms with Crippen molar-refractivity contribution < 1.29 is 103 Å². The third-order valence-corrected chi connectivity index (χ3v) is 10.1. The Morgan fingerprint density at radius 2 is 0.822 bits per heavy atom. The van der Waals surface area contributed by atoms with Gasteiger partial charge in [-0.2, -0.15) is 12.6 Å². The summed E-state index contributed by atoms with van der Waals surface area (Å²) in [7, 11) is 0. The molecule has 0 rings (SSSR count). The lowest BCUT2D eigenvalue weighted by molar-refractivity contribution is -0.143. The second kappa shape index (κ2) is 32.9. The summed E-state index contributed by atoms with van der Waals surface area (Å²) in [6.45, 7) is 2.02. The van der Waals surface area contributed by atoms with E-state index in [0.717, 1.165) is 13.8 Å². The highest BCUT2D eigenvalue weighted by Crippen LogP contribution is 2.09. The summed E-state index contributed by atoms with van der Waals surface area (Å²) in [6, 6.07) is -16.3. The second-order valence-electron chi connectivity index (χ2n) is 15.9. The number of carbonyl (C=O) groups excluding carboxylic acids is 8. The number of nitrogens with two attached hydrogens (primary N) is 3. The van der Waals surface area contributed by atoms with Gasteiger partial charge in [-0.15, -0.1) is 0 Å². The lowest BCUT2D eigenvalue weighted by Gasteiger charge is -2.28. The zero-order valence-electron chi connectivity index (χ0n) is 39.2. The van der Waals surface area contributed by atoms with E-state index >= 15 is 0 Å². The maximum atomic E-state index is 13.7. The normalized spacial score (nSPS) is 14.9. The van der Waals surface area contributed by atoms with Gasteiger partial charge in [0.15, 0.2) is 5.96 Å². The van der Waals surface area contributed by atoms with Crippen molar-refractivity contribution in [1.82, 2.24) is 42.5 Å². The van der Waals surface area contributed by atoms with E-state index in [1.807, 2.05) is 16.0 Å². The van der Waals surface area contributed by atoms with E-state index in [-0.39, 0.29) is 25.3 Å². The summed E-state index contributed by atoms with van der Waals surface area (Å²) in [4.78, 5) is 179. The Labute approximate surface area is 419 Å². The molecule has 0 unspecified atom stereocenters. The molecule has 8 amide bonds. The number of carboxylic acid groups (broad SMARTS) is 6. The van der Waals surface area contributed by atoms with Crippen LogP contribution in [0.2, 0.25) is 0 Å². The fourth-order valence-electron chi connectivity index (χ4n) is 5.91. The molecule has 73 heavy (non-hydrogen) atoms. The maximum Gasteiger partial charge on any atom is 0.325 e. The monoisotopic (exact) mass is 1070 g/mol. The molecule has 0 saturated carbocycles. The first-order chi connectivity index (χ1) is 33.9. The molecule has 0 aromatic carbocycles. The quantitative estimate of drug-likeness (QED) is 0.0120. The van der Waals surface area contributed by atoms with Gasteiger partial charge in [0.2, 0.25) is 47.3 Å².